The molecule has 0 unspecified atom stereocenters. The van der Waals surface area contributed by atoms with E-state index in [0.717, 1.165) is 0 Å². The van der Waals surface area contributed by atoms with Crippen LogP contribution in [0.25, 0.3) is 0 Å². The number of thioether (sulfide) groups is 1. The number of carbonyl (C=O) groups is 1. The molecule has 0 saturated heterocycles. The molecule has 0 aromatic carbocycles. The van der Waals surface area contributed by atoms with Gasteiger partial charge in [0.05, 0.1) is 29.1 Å². The molecule has 1 heterocycles. The summed E-state index contributed by atoms with van der Waals surface area (Å²) < 4.78 is 0. The zero-order valence-electron chi connectivity index (χ0n) is 7.30. The Labute approximate surface area is 85.0 Å². The molecule has 4 N–H and O–H groups in total. The summed E-state index contributed by atoms with van der Waals surface area (Å²) in [7, 11) is 0. The van der Waals surface area contributed by atoms with Crippen LogP contribution in [0.4, 0.5) is 5.69 Å². The number of nitrogens with two attached hydrogens (primary N) is 1. The van der Waals surface area contributed by atoms with Crippen LogP contribution < -0.4 is 5.73 Å². The molecule has 0 fully saturated rings. The smallest absolute Gasteiger partial charge is 0.337 e. The first-order valence-electron chi connectivity index (χ1n) is 3.87. The van der Waals surface area contributed by atoms with Crippen LogP contribution in [0, 0.1) is 0 Å². The van der Waals surface area contributed by atoms with E-state index in [-0.39, 0.29) is 17.9 Å². The van der Waals surface area contributed by atoms with Crippen LogP contribution >= 0.6 is 11.8 Å². The van der Waals surface area contributed by atoms with E-state index >= 15 is 0 Å². The lowest BCUT2D eigenvalue weighted by molar-refractivity contribution is 0.0697. The predicted molar refractivity (Wildman–Crippen MR) is 53.4 cm³/mol. The summed E-state index contributed by atoms with van der Waals surface area (Å²) in [6.45, 7) is 0.0269. The van der Waals surface area contributed by atoms with Crippen molar-refractivity contribution in [1.82, 2.24) is 4.98 Å². The number of carboxylic acids is 1. The van der Waals surface area contributed by atoms with Crippen molar-refractivity contribution in [2.24, 2.45) is 0 Å². The molecule has 0 atom stereocenters. The minimum atomic E-state index is -1.07. The molecule has 0 aliphatic heterocycles. The molecule has 0 bridgehead atoms. The third-order valence-corrected chi connectivity index (χ3v) is 2.39. The van der Waals surface area contributed by atoms with Gasteiger partial charge in [-0.1, -0.05) is 0 Å². The molecule has 0 aliphatic rings. The zero-order valence-corrected chi connectivity index (χ0v) is 8.12. The Bertz CT molecular complexity index is 343. The van der Waals surface area contributed by atoms with Gasteiger partial charge in [-0.25, -0.2) is 9.78 Å². The fourth-order valence-electron chi connectivity index (χ4n) is 0.861. The van der Waals surface area contributed by atoms with Gasteiger partial charge in [-0.2, -0.15) is 0 Å². The van der Waals surface area contributed by atoms with Gasteiger partial charge in [0.15, 0.2) is 0 Å². The number of aromatic nitrogens is 1. The number of aromatic carboxylic acids is 1. The van der Waals surface area contributed by atoms with Gasteiger partial charge in [-0.3, -0.25) is 0 Å². The van der Waals surface area contributed by atoms with E-state index < -0.39 is 5.97 Å². The Morgan fingerprint density at radius 3 is 2.93 bits per heavy atom. The third kappa shape index (κ3) is 2.61. The van der Waals surface area contributed by atoms with Crippen LogP contribution in [0.2, 0.25) is 0 Å². The second-order valence-corrected chi connectivity index (χ2v) is 3.60. The fraction of sp³-hybridized carbons (Fsp3) is 0.250. The predicted octanol–water partition coefficient (Wildman–Crippen LogP) is 0.446. The van der Waals surface area contributed by atoms with Crippen molar-refractivity contribution in [2.45, 2.75) is 5.03 Å². The topological polar surface area (TPSA) is 96.4 Å². The van der Waals surface area contributed by atoms with Crippen molar-refractivity contribution in [3.8, 4) is 0 Å². The molecule has 76 valence electrons. The highest BCUT2D eigenvalue weighted by atomic mass is 32.2. The van der Waals surface area contributed by atoms with Gasteiger partial charge >= 0.3 is 5.97 Å². The lowest BCUT2D eigenvalue weighted by Crippen LogP contribution is -2.03. The van der Waals surface area contributed by atoms with Crippen molar-refractivity contribution in [2.75, 3.05) is 18.1 Å². The summed E-state index contributed by atoms with van der Waals surface area (Å²) in [5.41, 5.74) is 5.60. The summed E-state index contributed by atoms with van der Waals surface area (Å²) >= 11 is 1.28. The molecule has 1 aromatic rings. The van der Waals surface area contributed by atoms with Gasteiger partial charge in [0.25, 0.3) is 0 Å². The van der Waals surface area contributed by atoms with Crippen molar-refractivity contribution < 1.29 is 15.0 Å². The Hall–Kier alpha value is -1.27. The van der Waals surface area contributed by atoms with Crippen molar-refractivity contribution >= 4 is 23.4 Å². The average Bonchev–Trinajstić information content (AvgIpc) is 2.16. The Morgan fingerprint density at radius 2 is 2.36 bits per heavy atom. The van der Waals surface area contributed by atoms with Crippen LogP contribution in [0.5, 0.6) is 0 Å². The van der Waals surface area contributed by atoms with Crippen LogP contribution in [-0.4, -0.2) is 33.5 Å². The van der Waals surface area contributed by atoms with Crippen LogP contribution in [0.15, 0.2) is 17.3 Å². The third-order valence-electron chi connectivity index (χ3n) is 1.48. The number of hydrogen-bond acceptors (Lipinski definition) is 5. The van der Waals surface area contributed by atoms with Crippen LogP contribution in [0.1, 0.15) is 10.4 Å². The van der Waals surface area contributed by atoms with Gasteiger partial charge in [0, 0.05) is 5.75 Å². The maximum atomic E-state index is 10.7. The quantitative estimate of drug-likeness (QED) is 0.629. The number of rotatable bonds is 4. The Morgan fingerprint density at radius 1 is 1.64 bits per heavy atom. The summed E-state index contributed by atoms with van der Waals surface area (Å²) in [6, 6.07) is 1.40. The number of aliphatic hydroxyl groups is 1. The van der Waals surface area contributed by atoms with E-state index in [1.165, 1.54) is 24.0 Å². The summed E-state index contributed by atoms with van der Waals surface area (Å²) in [5, 5.41) is 17.9. The maximum Gasteiger partial charge on any atom is 0.337 e. The number of nitrogen functional groups attached to an aromatic ring is 1. The lowest BCUT2D eigenvalue weighted by atomic mass is 10.2. The maximum absolute atomic E-state index is 10.7. The molecular weight excluding hydrogens is 204 g/mol. The SMILES string of the molecule is Nc1cnc(SCCO)cc1C(=O)O. The second-order valence-electron chi connectivity index (χ2n) is 2.49. The van der Waals surface area contributed by atoms with E-state index in [1.807, 2.05) is 0 Å². The van der Waals surface area contributed by atoms with Crippen molar-refractivity contribution in [3.05, 3.63) is 17.8 Å². The normalized spacial score (nSPS) is 10.1. The van der Waals surface area contributed by atoms with E-state index in [1.54, 1.807) is 0 Å². The van der Waals surface area contributed by atoms with Gasteiger partial charge in [0.2, 0.25) is 0 Å². The van der Waals surface area contributed by atoms with E-state index in [0.29, 0.717) is 10.8 Å². The standard InChI is InChI=1S/C8H10N2O3S/c9-6-4-10-7(14-2-1-11)3-5(6)8(12)13/h3-4,11H,1-2,9H2,(H,12,13). The minimum absolute atomic E-state index is 0.0269. The largest absolute Gasteiger partial charge is 0.478 e. The first kappa shape index (κ1) is 10.8. The minimum Gasteiger partial charge on any atom is -0.478 e. The summed E-state index contributed by atoms with van der Waals surface area (Å²) in [6.07, 6.45) is 1.31. The van der Waals surface area contributed by atoms with Crippen LogP contribution in [0.3, 0.4) is 0 Å². The molecular formula is C8H10N2O3S. The first-order valence-corrected chi connectivity index (χ1v) is 4.86. The van der Waals surface area contributed by atoms with E-state index in [9.17, 15) is 4.79 Å². The number of nitrogens with zero attached hydrogens (tertiary/aromatic N) is 1. The molecule has 0 aliphatic carbocycles. The molecule has 0 amide bonds. The molecule has 0 spiro atoms. The van der Waals surface area contributed by atoms with Gasteiger partial charge in [-0.15, -0.1) is 11.8 Å². The van der Waals surface area contributed by atoms with Crippen LogP contribution in [-0.2, 0) is 0 Å². The molecule has 6 heteroatoms. The van der Waals surface area contributed by atoms with Gasteiger partial charge in [0.1, 0.15) is 0 Å². The molecule has 1 rings (SSSR count). The van der Waals surface area contributed by atoms with Gasteiger partial charge < -0.3 is 15.9 Å². The molecule has 0 radical (unpaired) electrons. The monoisotopic (exact) mass is 214 g/mol. The molecule has 5 nitrogen and oxygen atoms in total. The van der Waals surface area contributed by atoms with Gasteiger partial charge in [-0.05, 0) is 6.07 Å². The number of aliphatic hydroxyl groups excluding tert-OH is 1. The van der Waals surface area contributed by atoms with E-state index in [4.69, 9.17) is 15.9 Å². The molecule has 1 aromatic heterocycles. The highest BCUT2D eigenvalue weighted by molar-refractivity contribution is 7.99. The zero-order chi connectivity index (χ0) is 10.6. The average molecular weight is 214 g/mol. The van der Waals surface area contributed by atoms with Crippen molar-refractivity contribution in [3.63, 3.8) is 0 Å². The highest BCUT2D eigenvalue weighted by Crippen LogP contribution is 2.19. The summed E-state index contributed by atoms with van der Waals surface area (Å²) in [5.74, 6) is -0.591. The highest BCUT2D eigenvalue weighted by Gasteiger charge is 2.09. The molecule has 0 saturated carbocycles. The number of pyridine rings is 1. The Balaban J connectivity index is 2.89. The summed E-state index contributed by atoms with van der Waals surface area (Å²) in [4.78, 5) is 14.6. The Kier molecular flexibility index (Phi) is 3.73. The number of anilines is 1. The number of carboxylic acid groups (broad SMARTS) is 1. The van der Waals surface area contributed by atoms with Crippen molar-refractivity contribution in [1.29, 1.82) is 0 Å². The number of hydrogen-bond donors (Lipinski definition) is 3. The molecule has 14 heavy (non-hydrogen) atoms. The first-order chi connectivity index (χ1) is 6.65. The van der Waals surface area contributed by atoms with E-state index in [2.05, 4.69) is 4.98 Å². The second kappa shape index (κ2) is 4.83. The fourth-order valence-corrected chi connectivity index (χ4v) is 1.49. The lowest BCUT2D eigenvalue weighted by Gasteiger charge is -2.02.